The lowest BCUT2D eigenvalue weighted by Crippen LogP contribution is -2.38. The fourth-order valence-corrected chi connectivity index (χ4v) is 4.10. The molecule has 0 radical (unpaired) electrons. The van der Waals surface area contributed by atoms with Crippen molar-refractivity contribution in [2.75, 3.05) is 0 Å². The molecule has 19 heavy (non-hydrogen) atoms. The number of aromatic nitrogens is 1. The van der Waals surface area contributed by atoms with Gasteiger partial charge in [0.25, 0.3) is 0 Å². The van der Waals surface area contributed by atoms with Crippen molar-refractivity contribution in [3.63, 3.8) is 0 Å². The van der Waals surface area contributed by atoms with Crippen LogP contribution in [0.1, 0.15) is 58.2 Å². The van der Waals surface area contributed by atoms with Crippen LogP contribution in [0, 0.1) is 5.41 Å². The van der Waals surface area contributed by atoms with Crippen molar-refractivity contribution in [2.45, 2.75) is 52.4 Å². The van der Waals surface area contributed by atoms with Crippen LogP contribution in [0.15, 0.2) is 24.3 Å². The van der Waals surface area contributed by atoms with E-state index in [1.165, 1.54) is 15.7 Å². The summed E-state index contributed by atoms with van der Waals surface area (Å²) < 4.78 is 1.43. The number of hydrogen-bond donors (Lipinski definition) is 1. The van der Waals surface area contributed by atoms with E-state index < -0.39 is 0 Å². The summed E-state index contributed by atoms with van der Waals surface area (Å²) in [6.45, 7) is 11.5. The van der Waals surface area contributed by atoms with Gasteiger partial charge in [-0.3, -0.25) is 0 Å². The zero-order chi connectivity index (χ0) is 14.0. The van der Waals surface area contributed by atoms with Crippen LogP contribution in [0.3, 0.4) is 0 Å². The predicted molar refractivity (Wildman–Crippen MR) is 79.0 cm³/mol. The van der Waals surface area contributed by atoms with Crippen LogP contribution in [-0.2, 0) is 5.41 Å². The van der Waals surface area contributed by atoms with Gasteiger partial charge in [-0.1, -0.05) is 52.8 Å². The van der Waals surface area contributed by atoms with E-state index in [1.807, 2.05) is 12.1 Å². The third kappa shape index (κ3) is 1.55. The second-order valence-electron chi connectivity index (χ2n) is 7.36. The second kappa shape index (κ2) is 3.56. The van der Waals surface area contributed by atoms with Gasteiger partial charge >= 0.3 is 0 Å². The molecule has 1 aliphatic rings. The molecule has 0 saturated heterocycles. The Labute approximate surface area is 115 Å². The molecule has 3 rings (SSSR count). The molecule has 0 spiro atoms. The van der Waals surface area contributed by atoms with E-state index in [1.54, 1.807) is 0 Å². The minimum atomic E-state index is -0.000880. The molecule has 0 bridgehead atoms. The summed E-state index contributed by atoms with van der Waals surface area (Å²) in [5.41, 5.74) is 3.62. The molecular formula is C17H23NO. The quantitative estimate of drug-likeness (QED) is 0.680. The minimum absolute atomic E-state index is 0.000880. The Kier molecular flexibility index (Phi) is 2.36. The van der Waals surface area contributed by atoms with Crippen LogP contribution >= 0.6 is 0 Å². The minimum Gasteiger partial charge on any atom is -0.428 e. The molecular weight excluding hydrogens is 234 g/mol. The first-order chi connectivity index (χ1) is 8.76. The van der Waals surface area contributed by atoms with Crippen molar-refractivity contribution >= 4 is 10.9 Å². The first-order valence-electron chi connectivity index (χ1n) is 7.09. The van der Waals surface area contributed by atoms with Crippen LogP contribution in [0.2, 0.25) is 0 Å². The zero-order valence-corrected chi connectivity index (χ0v) is 12.5. The van der Waals surface area contributed by atoms with E-state index in [0.717, 1.165) is 17.6 Å². The van der Waals surface area contributed by atoms with Crippen LogP contribution in [-0.4, -0.2) is 9.94 Å². The van der Waals surface area contributed by atoms with E-state index in [-0.39, 0.29) is 10.8 Å². The van der Waals surface area contributed by atoms with Crippen LogP contribution < -0.4 is 0 Å². The van der Waals surface area contributed by atoms with Gasteiger partial charge in [0.05, 0.1) is 11.2 Å². The highest BCUT2D eigenvalue weighted by Crippen LogP contribution is 2.54. The monoisotopic (exact) mass is 257 g/mol. The number of benzene rings is 1. The maximum absolute atomic E-state index is 10.6. The Morgan fingerprint density at radius 3 is 2.47 bits per heavy atom. The third-order valence-corrected chi connectivity index (χ3v) is 5.03. The molecule has 0 aliphatic heterocycles. The summed E-state index contributed by atoms with van der Waals surface area (Å²) in [6, 6.07) is 8.19. The molecule has 0 fully saturated rings. The smallest absolute Gasteiger partial charge is 0.0872 e. The number of fused-ring (bicyclic) bond motifs is 3. The lowest BCUT2D eigenvalue weighted by molar-refractivity contribution is 0.135. The Morgan fingerprint density at radius 1 is 1.16 bits per heavy atom. The van der Waals surface area contributed by atoms with Gasteiger partial charge in [0, 0.05) is 10.8 Å². The summed E-state index contributed by atoms with van der Waals surface area (Å²) in [5, 5.41) is 11.8. The van der Waals surface area contributed by atoms with E-state index in [4.69, 9.17) is 0 Å². The van der Waals surface area contributed by atoms with E-state index >= 15 is 0 Å². The van der Waals surface area contributed by atoms with Crippen LogP contribution in [0.5, 0.6) is 0 Å². The summed E-state index contributed by atoms with van der Waals surface area (Å²) in [7, 11) is 0. The van der Waals surface area contributed by atoms with Crippen molar-refractivity contribution in [2.24, 2.45) is 5.41 Å². The average Bonchev–Trinajstić information content (AvgIpc) is 2.61. The summed E-state index contributed by atoms with van der Waals surface area (Å²) in [5.74, 6) is 0.453. The lowest BCUT2D eigenvalue weighted by atomic mass is 9.60. The van der Waals surface area contributed by atoms with Gasteiger partial charge in [0.1, 0.15) is 0 Å². The number of nitrogens with zero attached hydrogens (tertiary/aromatic N) is 1. The van der Waals surface area contributed by atoms with E-state index in [0.29, 0.717) is 5.92 Å². The topological polar surface area (TPSA) is 25.2 Å². The van der Waals surface area contributed by atoms with Gasteiger partial charge in [-0.05, 0) is 29.4 Å². The van der Waals surface area contributed by atoms with Crippen molar-refractivity contribution in [1.82, 2.24) is 4.73 Å². The summed E-state index contributed by atoms with van der Waals surface area (Å²) in [4.78, 5) is 0. The van der Waals surface area contributed by atoms with Gasteiger partial charge in [0.15, 0.2) is 0 Å². The number of rotatable bonds is 0. The van der Waals surface area contributed by atoms with Gasteiger partial charge in [-0.25, -0.2) is 0 Å². The Hall–Kier alpha value is -1.44. The molecule has 1 aliphatic carbocycles. The second-order valence-corrected chi connectivity index (χ2v) is 7.36. The Balaban J connectivity index is 2.44. The fraction of sp³-hybridized carbons (Fsp3) is 0.529. The molecule has 0 saturated carbocycles. The predicted octanol–water partition coefficient (Wildman–Crippen LogP) is 4.69. The van der Waals surface area contributed by atoms with Crippen LogP contribution in [0.4, 0.5) is 0 Å². The lowest BCUT2D eigenvalue weighted by Gasteiger charge is -2.45. The molecule has 1 N–H and O–H groups in total. The number of hydrogen-bond acceptors (Lipinski definition) is 1. The van der Waals surface area contributed by atoms with Crippen molar-refractivity contribution < 1.29 is 5.21 Å². The van der Waals surface area contributed by atoms with Crippen molar-refractivity contribution in [3.8, 4) is 0 Å². The van der Waals surface area contributed by atoms with Gasteiger partial charge in [-0.15, -0.1) is 0 Å². The molecule has 102 valence electrons. The SMILES string of the molecule is C[C@@H]1c2c(n(O)c3ccccc23)C(C)(C)CC1(C)C. The molecule has 1 aromatic carbocycles. The van der Waals surface area contributed by atoms with Gasteiger partial charge in [0.2, 0.25) is 0 Å². The first kappa shape index (κ1) is 12.6. The maximum Gasteiger partial charge on any atom is 0.0872 e. The Morgan fingerprint density at radius 2 is 1.79 bits per heavy atom. The highest BCUT2D eigenvalue weighted by atomic mass is 16.5. The molecule has 1 atom stereocenters. The van der Waals surface area contributed by atoms with Crippen molar-refractivity contribution in [1.29, 1.82) is 0 Å². The Bertz CT molecular complexity index is 649. The third-order valence-electron chi connectivity index (χ3n) is 5.03. The molecule has 1 aromatic heterocycles. The standard InChI is InChI=1S/C17H23NO/c1-11-14-12-8-6-7-9-13(12)18(19)15(14)17(4,5)10-16(11,2)3/h6-9,11,19H,10H2,1-5H3/t11-/m1/s1. The highest BCUT2D eigenvalue weighted by Gasteiger charge is 2.45. The van der Waals surface area contributed by atoms with E-state index in [9.17, 15) is 5.21 Å². The summed E-state index contributed by atoms with van der Waals surface area (Å²) >= 11 is 0. The molecule has 2 heteroatoms. The first-order valence-corrected chi connectivity index (χ1v) is 7.09. The normalized spacial score (nSPS) is 24.4. The van der Waals surface area contributed by atoms with Gasteiger partial charge < -0.3 is 5.21 Å². The molecule has 2 aromatic rings. The van der Waals surface area contributed by atoms with E-state index in [2.05, 4.69) is 46.8 Å². The van der Waals surface area contributed by atoms with Crippen molar-refractivity contribution in [3.05, 3.63) is 35.5 Å². The molecule has 2 nitrogen and oxygen atoms in total. The maximum atomic E-state index is 10.6. The number of para-hydroxylation sites is 1. The molecule has 0 amide bonds. The average molecular weight is 257 g/mol. The fourth-order valence-electron chi connectivity index (χ4n) is 4.10. The van der Waals surface area contributed by atoms with Gasteiger partial charge in [-0.2, -0.15) is 4.73 Å². The zero-order valence-electron chi connectivity index (χ0n) is 12.5. The molecule has 0 unspecified atom stereocenters. The van der Waals surface area contributed by atoms with Crippen LogP contribution in [0.25, 0.3) is 10.9 Å². The largest absolute Gasteiger partial charge is 0.428 e. The summed E-state index contributed by atoms with van der Waals surface area (Å²) in [6.07, 6.45) is 1.09. The highest BCUT2D eigenvalue weighted by molar-refractivity contribution is 5.86. The molecule has 1 heterocycles.